The Kier molecular flexibility index (Phi) is 6.53. The largest absolute Gasteiger partial charge is 0.444 e. The van der Waals surface area contributed by atoms with Crippen LogP contribution in [0.15, 0.2) is 53.5 Å². The predicted octanol–water partition coefficient (Wildman–Crippen LogP) is 3.32. The van der Waals surface area contributed by atoms with Crippen LogP contribution in [0.3, 0.4) is 0 Å². The summed E-state index contributed by atoms with van der Waals surface area (Å²) in [5, 5.41) is 5.76. The number of pyridine rings is 1. The van der Waals surface area contributed by atoms with Crippen molar-refractivity contribution in [1.29, 1.82) is 0 Å². The van der Waals surface area contributed by atoms with Gasteiger partial charge in [0.05, 0.1) is 12.1 Å². The van der Waals surface area contributed by atoms with Crippen molar-refractivity contribution in [2.45, 2.75) is 58.2 Å². The van der Waals surface area contributed by atoms with Crippen LogP contribution in [0.25, 0.3) is 0 Å². The van der Waals surface area contributed by atoms with Crippen molar-refractivity contribution in [3.8, 4) is 0 Å². The van der Waals surface area contributed by atoms with E-state index in [1.54, 1.807) is 33.0 Å². The summed E-state index contributed by atoms with van der Waals surface area (Å²) < 4.78 is 6.82. The monoisotopic (exact) mass is 425 g/mol. The second-order valence-corrected chi connectivity index (χ2v) is 9.34. The van der Waals surface area contributed by atoms with Gasteiger partial charge in [0.25, 0.3) is 11.5 Å². The predicted molar refractivity (Wildman–Crippen MR) is 119 cm³/mol. The molecule has 2 N–H and O–H groups in total. The molecule has 1 aliphatic carbocycles. The van der Waals surface area contributed by atoms with Gasteiger partial charge in [-0.1, -0.05) is 30.3 Å². The molecule has 166 valence electrons. The summed E-state index contributed by atoms with van der Waals surface area (Å²) in [6.45, 7) is 7.90. The van der Waals surface area contributed by atoms with E-state index in [1.165, 1.54) is 10.6 Å². The number of nitrogens with one attached hydrogen (secondary N) is 2. The van der Waals surface area contributed by atoms with Gasteiger partial charge in [-0.05, 0) is 64.2 Å². The molecule has 0 saturated heterocycles. The van der Waals surface area contributed by atoms with E-state index in [1.807, 2.05) is 37.3 Å². The highest BCUT2D eigenvalue weighted by molar-refractivity contribution is 5.94. The number of benzene rings is 1. The average Bonchev–Trinajstić information content (AvgIpc) is 3.53. The molecule has 0 aliphatic heterocycles. The van der Waals surface area contributed by atoms with E-state index in [-0.39, 0.29) is 23.6 Å². The molecule has 1 aromatic heterocycles. The lowest BCUT2D eigenvalue weighted by Gasteiger charge is -2.32. The Balaban J connectivity index is 1.72. The van der Waals surface area contributed by atoms with Gasteiger partial charge in [0.1, 0.15) is 11.2 Å². The summed E-state index contributed by atoms with van der Waals surface area (Å²) in [6, 6.07) is 12.9. The Morgan fingerprint density at radius 1 is 1.06 bits per heavy atom. The zero-order chi connectivity index (χ0) is 22.6. The van der Waals surface area contributed by atoms with Crippen LogP contribution < -0.4 is 16.2 Å². The number of carbonyl (C=O) groups is 2. The van der Waals surface area contributed by atoms with Crippen molar-refractivity contribution in [1.82, 2.24) is 15.2 Å². The summed E-state index contributed by atoms with van der Waals surface area (Å²) >= 11 is 0. The highest BCUT2D eigenvalue weighted by atomic mass is 16.6. The Hall–Kier alpha value is -3.09. The van der Waals surface area contributed by atoms with Crippen molar-refractivity contribution in [2.75, 3.05) is 6.54 Å². The molecule has 1 aliphatic rings. The van der Waals surface area contributed by atoms with Crippen LogP contribution in [0, 0.1) is 5.92 Å². The molecule has 0 spiro atoms. The minimum Gasteiger partial charge on any atom is -0.444 e. The van der Waals surface area contributed by atoms with E-state index in [2.05, 4.69) is 10.6 Å². The van der Waals surface area contributed by atoms with Gasteiger partial charge < -0.3 is 19.9 Å². The van der Waals surface area contributed by atoms with E-state index in [4.69, 9.17) is 4.74 Å². The van der Waals surface area contributed by atoms with Gasteiger partial charge >= 0.3 is 6.09 Å². The first-order valence-corrected chi connectivity index (χ1v) is 10.6. The molecule has 0 radical (unpaired) electrons. The van der Waals surface area contributed by atoms with Gasteiger partial charge in [0.2, 0.25) is 0 Å². The van der Waals surface area contributed by atoms with Crippen molar-refractivity contribution < 1.29 is 14.3 Å². The second kappa shape index (κ2) is 8.96. The van der Waals surface area contributed by atoms with Crippen molar-refractivity contribution in [3.05, 3.63) is 70.1 Å². The molecule has 7 heteroatoms. The second-order valence-electron chi connectivity index (χ2n) is 9.34. The third-order valence-corrected chi connectivity index (χ3v) is 5.34. The van der Waals surface area contributed by atoms with Crippen LogP contribution in [-0.4, -0.2) is 34.3 Å². The summed E-state index contributed by atoms with van der Waals surface area (Å²) in [5.41, 5.74) is -0.547. The van der Waals surface area contributed by atoms with Gasteiger partial charge in [-0.2, -0.15) is 0 Å². The van der Waals surface area contributed by atoms with Gasteiger partial charge in [-0.25, -0.2) is 4.79 Å². The van der Waals surface area contributed by atoms with Crippen molar-refractivity contribution in [3.63, 3.8) is 0 Å². The topological polar surface area (TPSA) is 89.4 Å². The normalized spacial score (nSPS) is 15.6. The number of carbonyl (C=O) groups excluding carboxylic acids is 2. The number of ether oxygens (including phenoxy) is 1. The van der Waals surface area contributed by atoms with Crippen LogP contribution in [0.1, 0.15) is 56.5 Å². The van der Waals surface area contributed by atoms with Crippen LogP contribution in [0.2, 0.25) is 0 Å². The molecular weight excluding hydrogens is 394 g/mol. The standard InChI is InChI=1S/C24H31N3O4/c1-23(2,3)31-22(30)25-16-24(4,18-12-13-18)26-20(28)19-11-8-14-27(21(19)29)15-17-9-6-5-7-10-17/h5-11,14,18H,12-13,15-16H2,1-4H3,(H,25,30)(H,26,28). The molecule has 1 aromatic carbocycles. The zero-order valence-corrected chi connectivity index (χ0v) is 18.6. The minimum absolute atomic E-state index is 0.0857. The summed E-state index contributed by atoms with van der Waals surface area (Å²) in [6.07, 6.45) is 3.06. The Labute approximate surface area is 182 Å². The number of alkyl carbamates (subject to hydrolysis) is 1. The first kappa shape index (κ1) is 22.6. The van der Waals surface area contributed by atoms with Gasteiger partial charge in [0, 0.05) is 12.7 Å². The zero-order valence-electron chi connectivity index (χ0n) is 18.6. The summed E-state index contributed by atoms with van der Waals surface area (Å²) in [5.74, 6) is -0.200. The smallest absolute Gasteiger partial charge is 0.407 e. The Morgan fingerprint density at radius 2 is 1.74 bits per heavy atom. The maximum absolute atomic E-state index is 13.0. The third-order valence-electron chi connectivity index (χ3n) is 5.34. The molecule has 7 nitrogen and oxygen atoms in total. The quantitative estimate of drug-likeness (QED) is 0.712. The van der Waals surface area contributed by atoms with E-state index in [0.717, 1.165) is 18.4 Å². The number of hydrogen-bond donors (Lipinski definition) is 2. The molecule has 2 aromatic rings. The van der Waals surface area contributed by atoms with Crippen LogP contribution in [0.4, 0.5) is 4.79 Å². The fourth-order valence-corrected chi connectivity index (χ4v) is 3.52. The molecular formula is C24H31N3O4. The van der Waals surface area contributed by atoms with E-state index in [9.17, 15) is 14.4 Å². The van der Waals surface area contributed by atoms with Crippen molar-refractivity contribution in [2.24, 2.45) is 5.92 Å². The highest BCUT2D eigenvalue weighted by Crippen LogP contribution is 2.39. The molecule has 3 rings (SSSR count). The van der Waals surface area contributed by atoms with E-state index in [0.29, 0.717) is 6.54 Å². The molecule has 1 atom stereocenters. The van der Waals surface area contributed by atoms with E-state index < -0.39 is 23.1 Å². The third kappa shape index (κ3) is 6.20. The van der Waals surface area contributed by atoms with Gasteiger partial charge in [-0.15, -0.1) is 0 Å². The first-order chi connectivity index (χ1) is 14.6. The minimum atomic E-state index is -0.666. The summed E-state index contributed by atoms with van der Waals surface area (Å²) in [7, 11) is 0. The lowest BCUT2D eigenvalue weighted by Crippen LogP contribution is -2.56. The lowest BCUT2D eigenvalue weighted by molar-refractivity contribution is 0.0502. The number of amides is 2. The molecule has 2 amide bonds. The molecule has 31 heavy (non-hydrogen) atoms. The van der Waals surface area contributed by atoms with Crippen LogP contribution in [-0.2, 0) is 11.3 Å². The van der Waals surface area contributed by atoms with Gasteiger partial charge in [-0.3, -0.25) is 9.59 Å². The number of rotatable bonds is 7. The highest BCUT2D eigenvalue weighted by Gasteiger charge is 2.43. The fraction of sp³-hybridized carbons (Fsp3) is 0.458. The van der Waals surface area contributed by atoms with Crippen LogP contribution >= 0.6 is 0 Å². The van der Waals surface area contributed by atoms with E-state index >= 15 is 0 Å². The Morgan fingerprint density at radius 3 is 2.35 bits per heavy atom. The van der Waals surface area contributed by atoms with Crippen LogP contribution in [0.5, 0.6) is 0 Å². The number of nitrogens with zero attached hydrogens (tertiary/aromatic N) is 1. The molecule has 1 fully saturated rings. The van der Waals surface area contributed by atoms with Gasteiger partial charge in [0.15, 0.2) is 0 Å². The summed E-state index contributed by atoms with van der Waals surface area (Å²) in [4.78, 5) is 38.0. The van der Waals surface area contributed by atoms with Crippen molar-refractivity contribution >= 4 is 12.0 Å². The molecule has 1 saturated carbocycles. The Bertz CT molecular complexity index is 990. The fourth-order valence-electron chi connectivity index (χ4n) is 3.52. The maximum Gasteiger partial charge on any atom is 0.407 e. The molecule has 1 unspecified atom stereocenters. The molecule has 1 heterocycles. The lowest BCUT2D eigenvalue weighted by atomic mass is 9.95. The maximum atomic E-state index is 13.0. The number of aromatic nitrogens is 1. The number of hydrogen-bond acceptors (Lipinski definition) is 4. The average molecular weight is 426 g/mol. The first-order valence-electron chi connectivity index (χ1n) is 10.6. The SMILES string of the molecule is CC(C)(C)OC(=O)NCC(C)(NC(=O)c1cccn(Cc2ccccc2)c1=O)C1CC1. The molecule has 0 bridgehead atoms.